The van der Waals surface area contributed by atoms with E-state index in [9.17, 15) is 19.1 Å². The van der Waals surface area contributed by atoms with Gasteiger partial charge in [0.05, 0.1) is 29.9 Å². The van der Waals surface area contributed by atoms with Crippen LogP contribution in [0.15, 0.2) is 18.2 Å². The molecule has 9 heteroatoms. The highest BCUT2D eigenvalue weighted by Crippen LogP contribution is 2.30. The van der Waals surface area contributed by atoms with Crippen LogP contribution in [0, 0.1) is 5.82 Å². The van der Waals surface area contributed by atoms with Crippen molar-refractivity contribution >= 4 is 23.4 Å². The van der Waals surface area contributed by atoms with Gasteiger partial charge in [-0.15, -0.1) is 0 Å². The lowest BCUT2D eigenvalue weighted by Gasteiger charge is -2.06. The van der Waals surface area contributed by atoms with Crippen molar-refractivity contribution in [2.45, 2.75) is 6.42 Å². The average molecular weight is 357 g/mol. The molecule has 2 rings (SSSR count). The number of halogens is 2. The summed E-state index contributed by atoms with van der Waals surface area (Å²) in [6.07, 6.45) is -0.333. The molecular weight excluding hydrogens is 343 g/mol. The maximum atomic E-state index is 13.2. The van der Waals surface area contributed by atoms with Crippen LogP contribution in [-0.4, -0.2) is 47.5 Å². The number of Topliss-reactive ketones (excluding diaryl/α,β-unsaturated/α-hetero) is 1. The van der Waals surface area contributed by atoms with E-state index < -0.39 is 23.4 Å². The minimum Gasteiger partial charge on any atom is -0.493 e. The monoisotopic (exact) mass is 356 g/mol. The lowest BCUT2D eigenvalue weighted by atomic mass is 10.1. The van der Waals surface area contributed by atoms with Crippen LogP contribution >= 0.6 is 11.6 Å². The van der Waals surface area contributed by atoms with Crippen molar-refractivity contribution in [3.63, 3.8) is 0 Å². The molecule has 1 aromatic heterocycles. The molecule has 7 nitrogen and oxygen atoms in total. The van der Waals surface area contributed by atoms with E-state index in [0.717, 1.165) is 16.8 Å². The molecular formula is C15H14ClFN2O5. The lowest BCUT2D eigenvalue weighted by molar-refractivity contribution is -0.139. The number of hydrogen-bond donors (Lipinski definition) is 1. The largest absolute Gasteiger partial charge is 0.493 e. The Morgan fingerprint density at radius 2 is 2.08 bits per heavy atom. The van der Waals surface area contributed by atoms with E-state index in [1.807, 2.05) is 0 Å². The minimum atomic E-state index is -0.642. The molecule has 0 unspecified atom stereocenters. The second-order valence-electron chi connectivity index (χ2n) is 4.76. The number of nitrogens with zero attached hydrogens (tertiary/aromatic N) is 2. The quantitative estimate of drug-likeness (QED) is 0.628. The number of rotatable bonds is 6. The van der Waals surface area contributed by atoms with Gasteiger partial charge in [0.25, 0.3) is 0 Å². The number of benzene rings is 1. The first-order valence-electron chi connectivity index (χ1n) is 6.74. The molecule has 0 radical (unpaired) electrons. The van der Waals surface area contributed by atoms with Gasteiger partial charge in [0.15, 0.2) is 5.78 Å². The summed E-state index contributed by atoms with van der Waals surface area (Å²) in [6.45, 7) is -0.315. The first-order valence-corrected chi connectivity index (χ1v) is 7.12. The highest BCUT2D eigenvalue weighted by molar-refractivity contribution is 6.32. The van der Waals surface area contributed by atoms with E-state index in [1.165, 1.54) is 20.3 Å². The molecule has 1 heterocycles. The van der Waals surface area contributed by atoms with Crippen molar-refractivity contribution in [1.29, 1.82) is 0 Å². The van der Waals surface area contributed by atoms with Crippen LogP contribution in [0.2, 0.25) is 5.02 Å². The summed E-state index contributed by atoms with van der Waals surface area (Å²) < 4.78 is 23.5. The van der Waals surface area contributed by atoms with E-state index in [1.54, 1.807) is 0 Å². The first-order chi connectivity index (χ1) is 11.4. The number of ketones is 1. The fourth-order valence-electron chi connectivity index (χ4n) is 2.10. The summed E-state index contributed by atoms with van der Waals surface area (Å²) in [7, 11) is 2.50. The minimum absolute atomic E-state index is 0.00166. The Bertz CT molecular complexity index is 790. The maximum Gasteiger partial charge on any atom is 0.311 e. The van der Waals surface area contributed by atoms with Crippen molar-refractivity contribution in [3.05, 3.63) is 40.3 Å². The lowest BCUT2D eigenvalue weighted by Crippen LogP contribution is -2.12. The molecule has 1 aromatic carbocycles. The summed E-state index contributed by atoms with van der Waals surface area (Å²) in [5.74, 6) is -2.31. The highest BCUT2D eigenvalue weighted by atomic mass is 35.5. The zero-order valence-corrected chi connectivity index (χ0v) is 13.6. The van der Waals surface area contributed by atoms with Gasteiger partial charge in [-0.1, -0.05) is 11.6 Å². The van der Waals surface area contributed by atoms with Gasteiger partial charge in [-0.05, 0) is 18.2 Å². The average Bonchev–Trinajstić information content (AvgIpc) is 2.83. The predicted octanol–water partition coefficient (Wildman–Crippen LogP) is 1.91. The molecule has 0 aliphatic carbocycles. The fraction of sp³-hybridized carbons (Fsp3) is 0.267. The zero-order chi connectivity index (χ0) is 17.9. The van der Waals surface area contributed by atoms with E-state index in [-0.39, 0.29) is 35.0 Å². The van der Waals surface area contributed by atoms with Crippen molar-refractivity contribution < 1.29 is 28.6 Å². The van der Waals surface area contributed by atoms with Gasteiger partial charge in [-0.2, -0.15) is 9.78 Å². The van der Waals surface area contributed by atoms with E-state index >= 15 is 0 Å². The Morgan fingerprint density at radius 1 is 1.38 bits per heavy atom. The van der Waals surface area contributed by atoms with Crippen molar-refractivity contribution in [1.82, 2.24) is 9.78 Å². The van der Waals surface area contributed by atoms with E-state index in [0.29, 0.717) is 0 Å². The number of carbonyl (C=O) groups is 2. The molecule has 0 amide bonds. The maximum absolute atomic E-state index is 13.2. The molecule has 0 aliphatic heterocycles. The van der Waals surface area contributed by atoms with Crippen LogP contribution < -0.4 is 0 Å². The van der Waals surface area contributed by atoms with Crippen LogP contribution in [0.25, 0.3) is 5.69 Å². The molecule has 0 spiro atoms. The highest BCUT2D eigenvalue weighted by Gasteiger charge is 2.26. The van der Waals surface area contributed by atoms with Crippen LogP contribution in [0.4, 0.5) is 4.39 Å². The van der Waals surface area contributed by atoms with Gasteiger partial charge in [0, 0.05) is 7.11 Å². The number of aromatic hydroxyl groups is 1. The van der Waals surface area contributed by atoms with Crippen LogP contribution in [0.3, 0.4) is 0 Å². The Hall–Kier alpha value is -2.45. The molecule has 1 N–H and O–H groups in total. The van der Waals surface area contributed by atoms with E-state index in [2.05, 4.69) is 9.84 Å². The van der Waals surface area contributed by atoms with Crippen LogP contribution in [0.1, 0.15) is 16.1 Å². The Kier molecular flexibility index (Phi) is 5.53. The summed E-state index contributed by atoms with van der Waals surface area (Å²) in [5.41, 5.74) is -0.0254. The second-order valence-corrected chi connectivity index (χ2v) is 5.17. The molecule has 0 atom stereocenters. The summed E-state index contributed by atoms with van der Waals surface area (Å²) in [6, 6.07) is 3.45. The number of hydrogen-bond acceptors (Lipinski definition) is 6. The van der Waals surface area contributed by atoms with Gasteiger partial charge in [0.1, 0.15) is 18.0 Å². The number of carbonyl (C=O) groups excluding carboxylic acids is 2. The smallest absolute Gasteiger partial charge is 0.311 e. The zero-order valence-electron chi connectivity index (χ0n) is 12.9. The van der Waals surface area contributed by atoms with Gasteiger partial charge in [-0.25, -0.2) is 4.39 Å². The van der Waals surface area contributed by atoms with Gasteiger partial charge in [0.2, 0.25) is 5.88 Å². The Balaban J connectivity index is 2.59. The third kappa shape index (κ3) is 3.55. The standard InChI is InChI=1S/C15H14ClFN2O5/c1-23-7-12(20)14-10(6-13(21)24-2)18-19(15(14)22)11-4-3-8(17)5-9(11)16/h3-5,22H,6-7H2,1-2H3. The molecule has 0 fully saturated rings. The Morgan fingerprint density at radius 3 is 2.67 bits per heavy atom. The normalized spacial score (nSPS) is 10.7. The topological polar surface area (TPSA) is 90.7 Å². The summed E-state index contributed by atoms with van der Waals surface area (Å²) in [5, 5.41) is 14.4. The number of esters is 1. The molecule has 0 aliphatic rings. The summed E-state index contributed by atoms with van der Waals surface area (Å²) in [4.78, 5) is 23.7. The second kappa shape index (κ2) is 7.41. The third-order valence-corrected chi connectivity index (χ3v) is 3.47. The fourth-order valence-corrected chi connectivity index (χ4v) is 2.34. The van der Waals surface area contributed by atoms with Gasteiger partial charge < -0.3 is 14.6 Å². The number of methoxy groups -OCH3 is 2. The van der Waals surface area contributed by atoms with Gasteiger partial charge in [-0.3, -0.25) is 9.59 Å². The van der Waals surface area contributed by atoms with Crippen LogP contribution in [0.5, 0.6) is 5.88 Å². The van der Waals surface area contributed by atoms with Crippen molar-refractivity contribution in [2.75, 3.05) is 20.8 Å². The predicted molar refractivity (Wildman–Crippen MR) is 82.1 cm³/mol. The van der Waals surface area contributed by atoms with E-state index in [4.69, 9.17) is 16.3 Å². The van der Waals surface area contributed by atoms with Gasteiger partial charge >= 0.3 is 5.97 Å². The number of aromatic nitrogens is 2. The first kappa shape index (κ1) is 17.9. The SMILES string of the molecule is COCC(=O)c1c(CC(=O)OC)nn(-c2ccc(F)cc2Cl)c1O. The number of ether oxygens (including phenoxy) is 2. The van der Waals surface area contributed by atoms with Crippen LogP contribution in [-0.2, 0) is 20.7 Å². The Labute approximate surface area is 141 Å². The molecule has 24 heavy (non-hydrogen) atoms. The molecule has 0 saturated carbocycles. The molecule has 0 saturated heterocycles. The molecule has 128 valence electrons. The van der Waals surface area contributed by atoms with Crippen molar-refractivity contribution in [2.24, 2.45) is 0 Å². The van der Waals surface area contributed by atoms with Crippen molar-refractivity contribution in [3.8, 4) is 11.6 Å². The molecule has 0 bridgehead atoms. The molecule has 2 aromatic rings. The third-order valence-electron chi connectivity index (χ3n) is 3.17. The summed E-state index contributed by atoms with van der Waals surface area (Å²) >= 11 is 5.96.